The van der Waals surface area contributed by atoms with E-state index >= 15 is 0 Å². The van der Waals surface area contributed by atoms with E-state index in [2.05, 4.69) is 44.1 Å². The molecule has 1 rings (SSSR count). The van der Waals surface area contributed by atoms with Gasteiger partial charge in [-0.25, -0.2) is 0 Å². The molecule has 1 heterocycles. The third kappa shape index (κ3) is 5.79. The van der Waals surface area contributed by atoms with Crippen molar-refractivity contribution in [2.45, 2.75) is 47.1 Å². The minimum absolute atomic E-state index is 0.325. The van der Waals surface area contributed by atoms with Gasteiger partial charge in [-0.15, -0.1) is 0 Å². The van der Waals surface area contributed by atoms with Gasteiger partial charge in [0.2, 0.25) is 0 Å². The van der Waals surface area contributed by atoms with Gasteiger partial charge in [-0.2, -0.15) is 0 Å². The number of nitrogens with zero attached hydrogens (tertiary/aromatic N) is 1. The number of hydrogen-bond acceptors (Lipinski definition) is 3. The van der Waals surface area contributed by atoms with E-state index in [1.54, 1.807) is 0 Å². The van der Waals surface area contributed by atoms with Crippen LogP contribution in [0, 0.1) is 12.3 Å². The Balaban J connectivity index is 2.45. The van der Waals surface area contributed by atoms with Gasteiger partial charge in [0, 0.05) is 13.1 Å². The molecule has 1 N–H and O–H groups in total. The number of aryl methyl sites for hydroxylation is 1. The average molecular weight is 266 g/mol. The molecule has 3 nitrogen and oxygen atoms in total. The van der Waals surface area contributed by atoms with Gasteiger partial charge in [0.25, 0.3) is 0 Å². The molecule has 110 valence electrons. The highest BCUT2D eigenvalue weighted by atomic mass is 16.3. The lowest BCUT2D eigenvalue weighted by atomic mass is 9.86. The maximum atomic E-state index is 5.64. The van der Waals surface area contributed by atoms with Crippen molar-refractivity contribution in [3.05, 3.63) is 23.7 Å². The molecule has 0 saturated heterocycles. The molecule has 0 bridgehead atoms. The molecule has 0 aliphatic heterocycles. The second-order valence-electron chi connectivity index (χ2n) is 6.03. The summed E-state index contributed by atoms with van der Waals surface area (Å²) in [5.74, 6) is 2.05. The highest BCUT2D eigenvalue weighted by Gasteiger charge is 2.23. The van der Waals surface area contributed by atoms with Crippen LogP contribution in [0.3, 0.4) is 0 Å². The zero-order valence-corrected chi connectivity index (χ0v) is 13.3. The van der Waals surface area contributed by atoms with Crippen LogP contribution in [0.5, 0.6) is 0 Å². The summed E-state index contributed by atoms with van der Waals surface area (Å²) in [6, 6.07) is 4.11. The Bertz CT molecular complexity index is 361. The Morgan fingerprint density at radius 3 is 2.58 bits per heavy atom. The molecule has 0 aliphatic carbocycles. The summed E-state index contributed by atoms with van der Waals surface area (Å²) in [7, 11) is 2.17. The average Bonchev–Trinajstić information content (AvgIpc) is 2.74. The summed E-state index contributed by atoms with van der Waals surface area (Å²) in [6.45, 7) is 13.0. The van der Waals surface area contributed by atoms with E-state index in [1.165, 1.54) is 12.8 Å². The standard InChI is InChI=1S/C16H30N2O/c1-6-10-17-12-16(4,7-2)13-18(5)11-15-9-8-14(3)19-15/h8-9,17H,6-7,10-13H2,1-5H3. The number of rotatable bonds is 9. The molecule has 1 unspecified atom stereocenters. The summed E-state index contributed by atoms with van der Waals surface area (Å²) in [5, 5.41) is 3.55. The maximum absolute atomic E-state index is 5.64. The van der Waals surface area contributed by atoms with Crippen LogP contribution < -0.4 is 5.32 Å². The molecule has 1 aromatic rings. The molecule has 0 spiro atoms. The SMILES string of the molecule is CCCNCC(C)(CC)CN(C)Cc1ccc(C)o1. The van der Waals surface area contributed by atoms with E-state index in [1.807, 2.05) is 13.0 Å². The lowest BCUT2D eigenvalue weighted by Gasteiger charge is -2.33. The number of hydrogen-bond donors (Lipinski definition) is 1. The minimum atomic E-state index is 0.325. The van der Waals surface area contributed by atoms with E-state index < -0.39 is 0 Å². The largest absolute Gasteiger partial charge is 0.465 e. The molecule has 0 aliphatic rings. The Morgan fingerprint density at radius 1 is 1.32 bits per heavy atom. The molecule has 0 amide bonds. The highest BCUT2D eigenvalue weighted by molar-refractivity contribution is 5.05. The maximum Gasteiger partial charge on any atom is 0.118 e. The first-order valence-corrected chi connectivity index (χ1v) is 7.43. The predicted molar refractivity (Wildman–Crippen MR) is 81.3 cm³/mol. The summed E-state index contributed by atoms with van der Waals surface area (Å²) < 4.78 is 5.64. The lowest BCUT2D eigenvalue weighted by molar-refractivity contribution is 0.167. The van der Waals surface area contributed by atoms with Gasteiger partial charge >= 0.3 is 0 Å². The van der Waals surface area contributed by atoms with Crippen molar-refractivity contribution in [2.24, 2.45) is 5.41 Å². The Kier molecular flexibility index (Phi) is 6.59. The summed E-state index contributed by atoms with van der Waals surface area (Å²) in [5.41, 5.74) is 0.325. The van der Waals surface area contributed by atoms with Crippen molar-refractivity contribution >= 4 is 0 Å². The van der Waals surface area contributed by atoms with E-state index in [4.69, 9.17) is 4.42 Å². The minimum Gasteiger partial charge on any atom is -0.465 e. The van der Waals surface area contributed by atoms with Gasteiger partial charge in [-0.3, -0.25) is 4.90 Å². The molecule has 3 heteroatoms. The molecular weight excluding hydrogens is 236 g/mol. The van der Waals surface area contributed by atoms with Crippen LogP contribution in [0.4, 0.5) is 0 Å². The van der Waals surface area contributed by atoms with Gasteiger partial charge in [0.1, 0.15) is 11.5 Å². The molecule has 0 radical (unpaired) electrons. The van der Waals surface area contributed by atoms with Crippen LogP contribution in [0.15, 0.2) is 16.5 Å². The van der Waals surface area contributed by atoms with Crippen LogP contribution in [-0.4, -0.2) is 31.6 Å². The number of furan rings is 1. The summed E-state index contributed by atoms with van der Waals surface area (Å²) in [4.78, 5) is 2.36. The smallest absolute Gasteiger partial charge is 0.118 e. The fourth-order valence-corrected chi connectivity index (χ4v) is 2.40. The summed E-state index contributed by atoms with van der Waals surface area (Å²) in [6.07, 6.45) is 2.38. The lowest BCUT2D eigenvalue weighted by Crippen LogP contribution is -2.40. The van der Waals surface area contributed by atoms with Crippen molar-refractivity contribution in [3.8, 4) is 0 Å². The Labute approximate surface area is 118 Å². The van der Waals surface area contributed by atoms with Crippen LogP contribution in [0.1, 0.15) is 45.1 Å². The predicted octanol–water partition coefficient (Wildman–Crippen LogP) is 3.44. The van der Waals surface area contributed by atoms with Gasteiger partial charge in [-0.05, 0) is 50.9 Å². The third-order valence-electron chi connectivity index (χ3n) is 3.71. The molecule has 1 atom stereocenters. The van der Waals surface area contributed by atoms with Gasteiger partial charge < -0.3 is 9.73 Å². The molecule has 0 aromatic carbocycles. The summed E-state index contributed by atoms with van der Waals surface area (Å²) >= 11 is 0. The first-order chi connectivity index (χ1) is 8.99. The van der Waals surface area contributed by atoms with Gasteiger partial charge in [0.05, 0.1) is 6.54 Å². The zero-order chi connectivity index (χ0) is 14.3. The van der Waals surface area contributed by atoms with Crippen molar-refractivity contribution in [2.75, 3.05) is 26.7 Å². The molecule has 0 saturated carbocycles. The molecule has 1 aromatic heterocycles. The van der Waals surface area contributed by atoms with Crippen molar-refractivity contribution in [1.82, 2.24) is 10.2 Å². The van der Waals surface area contributed by atoms with Crippen LogP contribution in [0.2, 0.25) is 0 Å². The first-order valence-electron chi connectivity index (χ1n) is 7.43. The molecule has 0 fully saturated rings. The quantitative estimate of drug-likeness (QED) is 0.694. The van der Waals surface area contributed by atoms with Crippen molar-refractivity contribution < 1.29 is 4.42 Å². The first kappa shape index (κ1) is 16.3. The normalized spacial score (nSPS) is 14.8. The van der Waals surface area contributed by atoms with Crippen molar-refractivity contribution in [3.63, 3.8) is 0 Å². The second-order valence-corrected chi connectivity index (χ2v) is 6.03. The Hall–Kier alpha value is -0.800. The van der Waals surface area contributed by atoms with E-state index in [0.29, 0.717) is 5.41 Å². The van der Waals surface area contributed by atoms with Crippen LogP contribution in [0.25, 0.3) is 0 Å². The van der Waals surface area contributed by atoms with E-state index in [9.17, 15) is 0 Å². The van der Waals surface area contributed by atoms with Gasteiger partial charge in [-0.1, -0.05) is 20.8 Å². The second kappa shape index (κ2) is 7.71. The molecular formula is C16H30N2O. The van der Waals surface area contributed by atoms with Crippen LogP contribution in [-0.2, 0) is 6.54 Å². The zero-order valence-electron chi connectivity index (χ0n) is 13.3. The topological polar surface area (TPSA) is 28.4 Å². The Morgan fingerprint density at radius 2 is 2.05 bits per heavy atom. The molecule has 19 heavy (non-hydrogen) atoms. The van der Waals surface area contributed by atoms with E-state index in [0.717, 1.165) is 37.7 Å². The third-order valence-corrected chi connectivity index (χ3v) is 3.71. The fraction of sp³-hybridized carbons (Fsp3) is 0.750. The van der Waals surface area contributed by atoms with Crippen LogP contribution >= 0.6 is 0 Å². The van der Waals surface area contributed by atoms with Gasteiger partial charge in [0.15, 0.2) is 0 Å². The highest BCUT2D eigenvalue weighted by Crippen LogP contribution is 2.22. The number of nitrogens with one attached hydrogen (secondary N) is 1. The van der Waals surface area contributed by atoms with Crippen molar-refractivity contribution in [1.29, 1.82) is 0 Å². The fourth-order valence-electron chi connectivity index (χ4n) is 2.40. The van der Waals surface area contributed by atoms with E-state index in [-0.39, 0.29) is 0 Å². The monoisotopic (exact) mass is 266 g/mol.